The summed E-state index contributed by atoms with van der Waals surface area (Å²) in [5.41, 5.74) is 0. The first-order valence-corrected chi connectivity index (χ1v) is 5.81. The van der Waals surface area contributed by atoms with E-state index in [-0.39, 0.29) is 11.0 Å². The van der Waals surface area contributed by atoms with Crippen LogP contribution >= 0.6 is 12.6 Å². The normalized spacial score (nSPS) is 15.4. The molecule has 0 saturated heterocycles. The molecule has 0 aliphatic carbocycles. The van der Waals surface area contributed by atoms with Gasteiger partial charge in [-0.2, -0.15) is 12.6 Å². The number of rotatable bonds is 7. The molecule has 2 unspecified atom stereocenters. The highest BCUT2D eigenvalue weighted by molar-refractivity contribution is 7.81. The van der Waals surface area contributed by atoms with Crippen LogP contribution in [0, 0.1) is 5.92 Å². The fraction of sp³-hybridized carbons (Fsp3) is 0.909. The van der Waals surface area contributed by atoms with Crippen molar-refractivity contribution in [3.63, 3.8) is 0 Å². The lowest BCUT2D eigenvalue weighted by atomic mass is 9.93. The Balaban J connectivity index is 3.75. The molecule has 0 radical (unpaired) electrons. The Hall–Kier alpha value is 0.0200. The van der Waals surface area contributed by atoms with Gasteiger partial charge >= 0.3 is 0 Å². The number of carbonyl (C=O) groups is 1. The van der Waals surface area contributed by atoms with Crippen molar-refractivity contribution < 1.29 is 4.79 Å². The first-order valence-electron chi connectivity index (χ1n) is 5.30. The molecule has 0 heterocycles. The Morgan fingerprint density at radius 1 is 1.38 bits per heavy atom. The highest BCUT2D eigenvalue weighted by atomic mass is 32.1. The molecule has 0 saturated carbocycles. The zero-order chi connectivity index (χ0) is 10.3. The van der Waals surface area contributed by atoms with Crippen LogP contribution in [0.1, 0.15) is 52.9 Å². The second kappa shape index (κ2) is 7.43. The van der Waals surface area contributed by atoms with Crippen molar-refractivity contribution in [2.75, 3.05) is 0 Å². The molecular weight excluding hydrogens is 180 g/mol. The standard InChI is InChI=1S/C11H22OS/c1-4-6-7-10(5-2)8-11(13)9(3)12/h10-11,13H,4-8H2,1-3H3. The Kier molecular flexibility index (Phi) is 7.44. The van der Waals surface area contributed by atoms with E-state index < -0.39 is 0 Å². The molecule has 1 nitrogen and oxygen atoms in total. The Morgan fingerprint density at radius 2 is 2.00 bits per heavy atom. The van der Waals surface area contributed by atoms with Crippen LogP contribution in [0.3, 0.4) is 0 Å². The summed E-state index contributed by atoms with van der Waals surface area (Å²) in [7, 11) is 0. The van der Waals surface area contributed by atoms with Crippen LogP contribution in [0.2, 0.25) is 0 Å². The van der Waals surface area contributed by atoms with Gasteiger partial charge in [0.15, 0.2) is 0 Å². The first-order chi connectivity index (χ1) is 6.11. The quantitative estimate of drug-likeness (QED) is 0.625. The van der Waals surface area contributed by atoms with Crippen LogP contribution < -0.4 is 0 Å². The highest BCUT2D eigenvalue weighted by Gasteiger charge is 2.14. The van der Waals surface area contributed by atoms with E-state index in [0.717, 1.165) is 6.42 Å². The Bertz CT molecular complexity index is 145. The first kappa shape index (κ1) is 13.0. The molecule has 0 aromatic rings. The summed E-state index contributed by atoms with van der Waals surface area (Å²) < 4.78 is 0. The molecule has 78 valence electrons. The number of hydrogen-bond acceptors (Lipinski definition) is 2. The van der Waals surface area contributed by atoms with Crippen LogP contribution in [-0.2, 0) is 4.79 Å². The monoisotopic (exact) mass is 202 g/mol. The van der Waals surface area contributed by atoms with Gasteiger partial charge in [-0.05, 0) is 19.3 Å². The van der Waals surface area contributed by atoms with Gasteiger partial charge < -0.3 is 0 Å². The number of Topliss-reactive ketones (excluding diaryl/α,β-unsaturated/α-hetero) is 1. The smallest absolute Gasteiger partial charge is 0.142 e. The molecule has 0 aromatic heterocycles. The van der Waals surface area contributed by atoms with Gasteiger partial charge in [0.1, 0.15) is 5.78 Å². The Labute approximate surface area is 87.7 Å². The molecular formula is C11H22OS. The molecule has 0 bridgehead atoms. The average molecular weight is 202 g/mol. The molecule has 13 heavy (non-hydrogen) atoms. The molecule has 0 aromatic carbocycles. The minimum Gasteiger partial charge on any atom is -0.299 e. The molecule has 0 aliphatic rings. The zero-order valence-corrected chi connectivity index (χ0v) is 9.94. The lowest BCUT2D eigenvalue weighted by molar-refractivity contribution is -0.116. The summed E-state index contributed by atoms with van der Waals surface area (Å²) in [6, 6.07) is 0. The van der Waals surface area contributed by atoms with Crippen molar-refractivity contribution in [3.8, 4) is 0 Å². The van der Waals surface area contributed by atoms with Crippen molar-refractivity contribution >= 4 is 18.4 Å². The number of hydrogen-bond donors (Lipinski definition) is 1. The predicted molar refractivity (Wildman–Crippen MR) is 61.4 cm³/mol. The molecule has 0 aliphatic heterocycles. The Morgan fingerprint density at radius 3 is 2.38 bits per heavy atom. The molecule has 2 atom stereocenters. The van der Waals surface area contributed by atoms with Gasteiger partial charge in [0.25, 0.3) is 0 Å². The molecule has 0 amide bonds. The summed E-state index contributed by atoms with van der Waals surface area (Å²) in [6.07, 6.45) is 5.89. The number of ketones is 1. The molecule has 2 heteroatoms. The number of carbonyl (C=O) groups excluding carboxylic acids is 1. The van der Waals surface area contributed by atoms with Crippen molar-refractivity contribution in [1.82, 2.24) is 0 Å². The minimum atomic E-state index is -0.0400. The zero-order valence-electron chi connectivity index (χ0n) is 9.05. The van der Waals surface area contributed by atoms with E-state index >= 15 is 0 Å². The van der Waals surface area contributed by atoms with Crippen molar-refractivity contribution in [2.24, 2.45) is 5.92 Å². The lowest BCUT2D eigenvalue weighted by Gasteiger charge is -2.16. The van der Waals surface area contributed by atoms with E-state index in [1.54, 1.807) is 6.92 Å². The topological polar surface area (TPSA) is 17.1 Å². The molecule has 0 spiro atoms. The van der Waals surface area contributed by atoms with Crippen LogP contribution in [0.4, 0.5) is 0 Å². The summed E-state index contributed by atoms with van der Waals surface area (Å²) in [6.45, 7) is 6.03. The SMILES string of the molecule is CCCCC(CC)CC(S)C(C)=O. The predicted octanol–water partition coefficient (Wildman–Crippen LogP) is 3.48. The van der Waals surface area contributed by atoms with E-state index in [1.807, 2.05) is 0 Å². The molecule has 0 fully saturated rings. The van der Waals surface area contributed by atoms with Crippen molar-refractivity contribution in [3.05, 3.63) is 0 Å². The van der Waals surface area contributed by atoms with E-state index in [1.165, 1.54) is 25.7 Å². The number of thiol groups is 1. The van der Waals surface area contributed by atoms with Crippen LogP contribution in [0.25, 0.3) is 0 Å². The van der Waals surface area contributed by atoms with Gasteiger partial charge in [0.05, 0.1) is 5.25 Å². The fourth-order valence-corrected chi connectivity index (χ4v) is 1.76. The van der Waals surface area contributed by atoms with Gasteiger partial charge in [-0.1, -0.05) is 39.5 Å². The second-order valence-corrected chi connectivity index (χ2v) is 4.40. The maximum atomic E-state index is 11.0. The maximum Gasteiger partial charge on any atom is 0.142 e. The third-order valence-corrected chi connectivity index (χ3v) is 3.14. The van der Waals surface area contributed by atoms with Crippen LogP contribution in [0.15, 0.2) is 0 Å². The van der Waals surface area contributed by atoms with E-state index in [0.29, 0.717) is 5.92 Å². The van der Waals surface area contributed by atoms with Crippen LogP contribution in [0.5, 0.6) is 0 Å². The van der Waals surface area contributed by atoms with E-state index in [4.69, 9.17) is 0 Å². The summed E-state index contributed by atoms with van der Waals surface area (Å²) >= 11 is 4.29. The third-order valence-electron chi connectivity index (χ3n) is 2.57. The highest BCUT2D eigenvalue weighted by Crippen LogP contribution is 2.21. The summed E-state index contributed by atoms with van der Waals surface area (Å²) in [5.74, 6) is 0.893. The van der Waals surface area contributed by atoms with Crippen LogP contribution in [-0.4, -0.2) is 11.0 Å². The second-order valence-electron chi connectivity index (χ2n) is 3.78. The summed E-state index contributed by atoms with van der Waals surface area (Å²) in [5, 5.41) is -0.0400. The van der Waals surface area contributed by atoms with Gasteiger partial charge in [0, 0.05) is 0 Å². The molecule has 0 rings (SSSR count). The minimum absolute atomic E-state index is 0.0400. The third kappa shape index (κ3) is 6.14. The average Bonchev–Trinajstić information content (AvgIpc) is 2.11. The van der Waals surface area contributed by atoms with E-state index in [2.05, 4.69) is 26.5 Å². The maximum absolute atomic E-state index is 11.0. The lowest BCUT2D eigenvalue weighted by Crippen LogP contribution is -2.15. The summed E-state index contributed by atoms with van der Waals surface area (Å²) in [4.78, 5) is 11.0. The largest absolute Gasteiger partial charge is 0.299 e. The van der Waals surface area contributed by atoms with Crippen molar-refractivity contribution in [2.45, 2.75) is 58.1 Å². The number of unbranched alkanes of at least 4 members (excludes halogenated alkanes) is 1. The van der Waals surface area contributed by atoms with Crippen molar-refractivity contribution in [1.29, 1.82) is 0 Å². The van der Waals surface area contributed by atoms with Gasteiger partial charge in [-0.25, -0.2) is 0 Å². The van der Waals surface area contributed by atoms with Gasteiger partial charge in [-0.3, -0.25) is 4.79 Å². The van der Waals surface area contributed by atoms with E-state index in [9.17, 15) is 4.79 Å². The molecule has 0 N–H and O–H groups in total. The fourth-order valence-electron chi connectivity index (χ4n) is 1.46. The van der Waals surface area contributed by atoms with Gasteiger partial charge in [0.2, 0.25) is 0 Å². The van der Waals surface area contributed by atoms with Gasteiger partial charge in [-0.15, -0.1) is 0 Å².